The van der Waals surface area contributed by atoms with Crippen molar-refractivity contribution in [3.8, 4) is 0 Å². The first-order chi connectivity index (χ1) is 6.59. The molecule has 5 heteroatoms. The van der Waals surface area contributed by atoms with Crippen LogP contribution in [0.1, 0.15) is 10.6 Å². The van der Waals surface area contributed by atoms with Crippen LogP contribution in [-0.2, 0) is 0 Å². The van der Waals surface area contributed by atoms with Crippen LogP contribution >= 0.6 is 11.3 Å². The summed E-state index contributed by atoms with van der Waals surface area (Å²) in [4.78, 5) is 4.29. The maximum Gasteiger partial charge on any atom is 0.490 e. The number of benzene rings is 1. The first-order valence-corrected chi connectivity index (χ1v) is 5.14. The molecule has 0 fully saturated rings. The summed E-state index contributed by atoms with van der Waals surface area (Å²) in [6, 6.07) is 3.84. The molecule has 0 unspecified atom stereocenters. The lowest BCUT2D eigenvalue weighted by Crippen LogP contribution is -2.32. The quantitative estimate of drug-likeness (QED) is 0.673. The number of aryl methyl sites for hydroxylation is 2. The zero-order valence-corrected chi connectivity index (χ0v) is 8.80. The van der Waals surface area contributed by atoms with Gasteiger partial charge >= 0.3 is 7.12 Å². The van der Waals surface area contributed by atoms with E-state index in [2.05, 4.69) is 4.98 Å². The number of aromatic nitrogens is 1. The Labute approximate surface area is 86.2 Å². The Hall–Kier alpha value is -0.905. The summed E-state index contributed by atoms with van der Waals surface area (Å²) in [6.45, 7) is 3.76. The van der Waals surface area contributed by atoms with Gasteiger partial charge < -0.3 is 10.0 Å². The molecule has 3 nitrogen and oxygen atoms in total. The molecule has 0 amide bonds. The Bertz CT molecular complexity index is 481. The summed E-state index contributed by atoms with van der Waals surface area (Å²) in [6.07, 6.45) is 0. The molecule has 1 aromatic heterocycles. The van der Waals surface area contributed by atoms with Crippen molar-refractivity contribution in [2.24, 2.45) is 0 Å². The van der Waals surface area contributed by atoms with Crippen LogP contribution in [-0.4, -0.2) is 22.2 Å². The average molecular weight is 207 g/mol. The van der Waals surface area contributed by atoms with Crippen LogP contribution in [0.25, 0.3) is 10.2 Å². The van der Waals surface area contributed by atoms with Crippen molar-refractivity contribution in [2.75, 3.05) is 0 Å². The van der Waals surface area contributed by atoms with Gasteiger partial charge in [-0.05, 0) is 25.5 Å². The van der Waals surface area contributed by atoms with Crippen LogP contribution in [0.2, 0.25) is 0 Å². The van der Waals surface area contributed by atoms with Gasteiger partial charge in [-0.25, -0.2) is 4.98 Å². The SMILES string of the molecule is Cc1nc2c(B(O)O)c(C)ccc2s1. The van der Waals surface area contributed by atoms with Crippen LogP contribution in [0, 0.1) is 13.8 Å². The third-order valence-electron chi connectivity index (χ3n) is 2.18. The van der Waals surface area contributed by atoms with Crippen molar-refractivity contribution >= 4 is 34.1 Å². The summed E-state index contributed by atoms with van der Waals surface area (Å²) in [5.41, 5.74) is 2.09. The van der Waals surface area contributed by atoms with E-state index in [1.54, 1.807) is 11.3 Å². The first kappa shape index (κ1) is 9.64. The number of hydrogen-bond donors (Lipinski definition) is 2. The topological polar surface area (TPSA) is 53.4 Å². The molecule has 2 aromatic rings. The Morgan fingerprint density at radius 1 is 1.29 bits per heavy atom. The maximum absolute atomic E-state index is 9.23. The predicted octanol–water partition coefficient (Wildman–Crippen LogP) is 0.593. The fraction of sp³-hybridized carbons (Fsp3) is 0.222. The molecule has 0 atom stereocenters. The normalized spacial score (nSPS) is 10.9. The molecular formula is C9H10BNO2S. The van der Waals surface area contributed by atoms with Gasteiger partial charge in [-0.3, -0.25) is 0 Å². The lowest BCUT2D eigenvalue weighted by molar-refractivity contribution is 0.426. The minimum absolute atomic E-state index is 0.520. The molecule has 1 aromatic carbocycles. The van der Waals surface area contributed by atoms with Crippen LogP contribution in [0.3, 0.4) is 0 Å². The number of rotatable bonds is 1. The van der Waals surface area contributed by atoms with Gasteiger partial charge in [0.1, 0.15) is 0 Å². The minimum Gasteiger partial charge on any atom is -0.423 e. The summed E-state index contributed by atoms with van der Waals surface area (Å²) in [7, 11) is -1.44. The highest BCUT2D eigenvalue weighted by atomic mass is 32.1. The lowest BCUT2D eigenvalue weighted by atomic mass is 9.76. The highest BCUT2D eigenvalue weighted by Crippen LogP contribution is 2.20. The molecule has 0 spiro atoms. The molecular weight excluding hydrogens is 197 g/mol. The molecule has 72 valence electrons. The van der Waals surface area contributed by atoms with Crippen LogP contribution in [0.5, 0.6) is 0 Å². The third kappa shape index (κ3) is 1.43. The van der Waals surface area contributed by atoms with Crippen LogP contribution in [0.4, 0.5) is 0 Å². The molecule has 2 N–H and O–H groups in total. The molecule has 0 saturated heterocycles. The molecule has 0 aliphatic rings. The van der Waals surface area contributed by atoms with Gasteiger partial charge in [0, 0.05) is 5.46 Å². The van der Waals surface area contributed by atoms with Crippen LogP contribution in [0.15, 0.2) is 12.1 Å². The average Bonchev–Trinajstić information content (AvgIpc) is 2.43. The summed E-state index contributed by atoms with van der Waals surface area (Å²) >= 11 is 1.56. The number of thiazole rings is 1. The second-order valence-corrected chi connectivity index (χ2v) is 4.48. The smallest absolute Gasteiger partial charge is 0.423 e. The van der Waals surface area contributed by atoms with Crippen molar-refractivity contribution in [3.05, 3.63) is 22.7 Å². The van der Waals surface area contributed by atoms with Gasteiger partial charge in [-0.2, -0.15) is 0 Å². The van der Waals surface area contributed by atoms with Gasteiger partial charge in [0.15, 0.2) is 0 Å². The van der Waals surface area contributed by atoms with E-state index in [0.717, 1.165) is 15.3 Å². The van der Waals surface area contributed by atoms with E-state index >= 15 is 0 Å². The van der Waals surface area contributed by atoms with Crippen molar-refractivity contribution in [3.63, 3.8) is 0 Å². The van der Waals surface area contributed by atoms with Gasteiger partial charge in [0.2, 0.25) is 0 Å². The first-order valence-electron chi connectivity index (χ1n) is 4.32. The van der Waals surface area contributed by atoms with Gasteiger partial charge in [-0.15, -0.1) is 11.3 Å². The van der Waals surface area contributed by atoms with E-state index < -0.39 is 7.12 Å². The third-order valence-corrected chi connectivity index (χ3v) is 3.12. The second-order valence-electron chi connectivity index (χ2n) is 3.25. The van der Waals surface area contributed by atoms with Gasteiger partial charge in [0.25, 0.3) is 0 Å². The molecule has 0 bridgehead atoms. The summed E-state index contributed by atoms with van der Waals surface area (Å²) in [5, 5.41) is 19.4. The van der Waals surface area contributed by atoms with Crippen molar-refractivity contribution in [2.45, 2.75) is 13.8 Å². The van der Waals surface area contributed by atoms with Crippen molar-refractivity contribution < 1.29 is 10.0 Å². The van der Waals surface area contributed by atoms with E-state index in [1.165, 1.54) is 0 Å². The van der Waals surface area contributed by atoms with E-state index in [4.69, 9.17) is 0 Å². The fourth-order valence-electron chi connectivity index (χ4n) is 1.55. The fourth-order valence-corrected chi connectivity index (χ4v) is 2.40. The molecule has 0 aliphatic heterocycles. The van der Waals surface area contributed by atoms with Crippen LogP contribution < -0.4 is 5.46 Å². The minimum atomic E-state index is -1.44. The monoisotopic (exact) mass is 207 g/mol. The Morgan fingerprint density at radius 2 is 2.00 bits per heavy atom. The second kappa shape index (κ2) is 3.35. The van der Waals surface area contributed by atoms with E-state index in [0.29, 0.717) is 11.0 Å². The maximum atomic E-state index is 9.23. The van der Waals surface area contributed by atoms with E-state index in [-0.39, 0.29) is 0 Å². The molecule has 0 aliphatic carbocycles. The summed E-state index contributed by atoms with van der Waals surface area (Å²) in [5.74, 6) is 0. The lowest BCUT2D eigenvalue weighted by Gasteiger charge is -2.04. The Balaban J connectivity index is 2.82. The highest BCUT2D eigenvalue weighted by Gasteiger charge is 2.19. The Morgan fingerprint density at radius 3 is 2.64 bits per heavy atom. The summed E-state index contributed by atoms with van der Waals surface area (Å²) < 4.78 is 0.996. The number of hydrogen-bond acceptors (Lipinski definition) is 4. The molecule has 14 heavy (non-hydrogen) atoms. The highest BCUT2D eigenvalue weighted by molar-refractivity contribution is 7.18. The van der Waals surface area contributed by atoms with E-state index in [1.807, 2.05) is 26.0 Å². The van der Waals surface area contributed by atoms with Gasteiger partial charge in [-0.1, -0.05) is 6.07 Å². The molecule has 1 heterocycles. The zero-order valence-electron chi connectivity index (χ0n) is 7.98. The Kier molecular flexibility index (Phi) is 2.30. The molecule has 0 saturated carbocycles. The molecule has 2 rings (SSSR count). The largest absolute Gasteiger partial charge is 0.490 e. The number of nitrogens with zero attached hydrogens (tertiary/aromatic N) is 1. The molecule has 0 radical (unpaired) electrons. The van der Waals surface area contributed by atoms with Crippen molar-refractivity contribution in [1.29, 1.82) is 0 Å². The van der Waals surface area contributed by atoms with Crippen molar-refractivity contribution in [1.82, 2.24) is 4.98 Å². The predicted molar refractivity (Wildman–Crippen MR) is 58.9 cm³/mol. The van der Waals surface area contributed by atoms with E-state index in [9.17, 15) is 10.0 Å². The number of fused-ring (bicyclic) bond motifs is 1. The standard InChI is InChI=1S/C9H10BNO2S/c1-5-3-4-7-9(8(5)10(12)13)11-6(2)14-7/h3-4,12-13H,1-2H3. The van der Waals surface area contributed by atoms with Gasteiger partial charge in [0.05, 0.1) is 15.2 Å². The zero-order chi connectivity index (χ0) is 10.3.